The Balaban J connectivity index is 2.06. The van der Waals surface area contributed by atoms with Crippen LogP contribution in [-0.4, -0.2) is 23.9 Å². The van der Waals surface area contributed by atoms with Crippen LogP contribution in [0.15, 0.2) is 24.3 Å². The highest BCUT2D eigenvalue weighted by atomic mass is 16.2. The van der Waals surface area contributed by atoms with Crippen molar-refractivity contribution in [1.82, 2.24) is 10.3 Å². The van der Waals surface area contributed by atoms with Crippen LogP contribution in [0.1, 0.15) is 25.0 Å². The summed E-state index contributed by atoms with van der Waals surface area (Å²) in [4.78, 5) is 13.9. The van der Waals surface area contributed by atoms with Crippen molar-refractivity contribution in [2.24, 2.45) is 17.7 Å². The Morgan fingerprint density at radius 1 is 1.26 bits per heavy atom. The number of carbonyl (C=O) groups excluding carboxylic acids is 1. The molecule has 0 spiro atoms. The van der Waals surface area contributed by atoms with Gasteiger partial charge in [0.05, 0.1) is 6.42 Å². The highest BCUT2D eigenvalue weighted by molar-refractivity contribution is 5.78. The van der Waals surface area contributed by atoms with E-state index < -0.39 is 0 Å². The van der Waals surface area contributed by atoms with Gasteiger partial charge in [0.1, 0.15) is 0 Å². The zero-order chi connectivity index (χ0) is 13.8. The van der Waals surface area contributed by atoms with Crippen molar-refractivity contribution >= 4 is 5.91 Å². The predicted molar refractivity (Wildman–Crippen MR) is 76.1 cm³/mol. The smallest absolute Gasteiger partial charge is 0.238 e. The van der Waals surface area contributed by atoms with E-state index >= 15 is 0 Å². The van der Waals surface area contributed by atoms with Gasteiger partial charge < -0.3 is 0 Å². The third-order valence-electron chi connectivity index (χ3n) is 4.09. The molecule has 0 bridgehead atoms. The third kappa shape index (κ3) is 3.55. The maximum Gasteiger partial charge on any atom is 0.238 e. The summed E-state index contributed by atoms with van der Waals surface area (Å²) in [6.07, 6.45) is 0.353. The Labute approximate surface area is 114 Å². The first-order valence-corrected chi connectivity index (χ1v) is 6.88. The number of carbonyl (C=O) groups is 1. The van der Waals surface area contributed by atoms with E-state index in [4.69, 9.17) is 5.84 Å². The lowest BCUT2D eigenvalue weighted by atomic mass is 10.0. The SMILES string of the molecule is CC1CN(Cc2ccccc2CC(=O)NN)CC1C. The Kier molecular flexibility index (Phi) is 4.56. The molecule has 1 saturated heterocycles. The molecule has 0 radical (unpaired) electrons. The van der Waals surface area contributed by atoms with Crippen LogP contribution in [0.4, 0.5) is 0 Å². The number of likely N-dealkylation sites (tertiary alicyclic amines) is 1. The third-order valence-corrected chi connectivity index (χ3v) is 4.09. The highest BCUT2D eigenvalue weighted by Crippen LogP contribution is 2.24. The van der Waals surface area contributed by atoms with Gasteiger partial charge in [-0.2, -0.15) is 0 Å². The Hall–Kier alpha value is -1.39. The molecule has 1 aliphatic rings. The second kappa shape index (κ2) is 6.17. The molecule has 1 aromatic rings. The first-order valence-electron chi connectivity index (χ1n) is 6.88. The second-order valence-corrected chi connectivity index (χ2v) is 5.66. The number of benzene rings is 1. The number of nitrogens with one attached hydrogen (secondary N) is 1. The van der Waals surface area contributed by atoms with Gasteiger partial charge in [-0.3, -0.25) is 15.1 Å². The summed E-state index contributed by atoms with van der Waals surface area (Å²) >= 11 is 0. The highest BCUT2D eigenvalue weighted by Gasteiger charge is 2.26. The molecule has 0 aromatic heterocycles. The molecule has 1 fully saturated rings. The van der Waals surface area contributed by atoms with E-state index in [0.29, 0.717) is 6.42 Å². The average molecular weight is 261 g/mol. The van der Waals surface area contributed by atoms with E-state index in [2.05, 4.69) is 30.2 Å². The summed E-state index contributed by atoms with van der Waals surface area (Å²) in [6, 6.07) is 8.11. The quantitative estimate of drug-likeness (QED) is 0.488. The van der Waals surface area contributed by atoms with E-state index in [1.807, 2.05) is 18.2 Å². The van der Waals surface area contributed by atoms with Gasteiger partial charge in [0, 0.05) is 19.6 Å². The molecule has 1 aliphatic heterocycles. The normalized spacial score (nSPS) is 23.5. The fourth-order valence-electron chi connectivity index (χ4n) is 2.73. The van der Waals surface area contributed by atoms with E-state index in [1.54, 1.807) is 0 Å². The maximum atomic E-state index is 11.4. The van der Waals surface area contributed by atoms with Crippen molar-refractivity contribution < 1.29 is 4.79 Å². The zero-order valence-electron chi connectivity index (χ0n) is 11.7. The van der Waals surface area contributed by atoms with E-state index in [-0.39, 0.29) is 5.91 Å². The number of nitrogens with zero attached hydrogens (tertiary/aromatic N) is 1. The van der Waals surface area contributed by atoms with Crippen LogP contribution in [0.5, 0.6) is 0 Å². The van der Waals surface area contributed by atoms with Gasteiger partial charge in [0.15, 0.2) is 0 Å². The number of amides is 1. The molecule has 4 heteroatoms. The molecule has 2 rings (SSSR count). The Bertz CT molecular complexity index is 437. The van der Waals surface area contributed by atoms with Gasteiger partial charge in [-0.05, 0) is 23.0 Å². The minimum absolute atomic E-state index is 0.143. The van der Waals surface area contributed by atoms with Crippen LogP contribution in [0.2, 0.25) is 0 Å². The molecule has 1 amide bonds. The van der Waals surface area contributed by atoms with Crippen molar-refractivity contribution in [2.45, 2.75) is 26.8 Å². The van der Waals surface area contributed by atoms with Crippen LogP contribution in [0.25, 0.3) is 0 Å². The topological polar surface area (TPSA) is 58.4 Å². The van der Waals surface area contributed by atoms with Gasteiger partial charge in [0.2, 0.25) is 5.91 Å². The van der Waals surface area contributed by atoms with Gasteiger partial charge in [0.25, 0.3) is 0 Å². The summed E-state index contributed by atoms with van der Waals surface area (Å²) in [6.45, 7) is 7.80. The lowest BCUT2D eigenvalue weighted by Crippen LogP contribution is -2.32. The van der Waals surface area contributed by atoms with Crippen molar-refractivity contribution in [3.63, 3.8) is 0 Å². The molecule has 0 saturated carbocycles. The summed E-state index contributed by atoms with van der Waals surface area (Å²) < 4.78 is 0. The molecule has 2 unspecified atom stereocenters. The molecule has 2 atom stereocenters. The summed E-state index contributed by atoms with van der Waals surface area (Å²) in [5.74, 6) is 6.52. The first-order chi connectivity index (χ1) is 9.10. The Morgan fingerprint density at radius 3 is 2.42 bits per heavy atom. The number of hydrazine groups is 1. The number of hydrogen-bond donors (Lipinski definition) is 2. The molecule has 1 heterocycles. The van der Waals surface area contributed by atoms with Crippen LogP contribution in [-0.2, 0) is 17.8 Å². The largest absolute Gasteiger partial charge is 0.299 e. The van der Waals surface area contributed by atoms with Gasteiger partial charge >= 0.3 is 0 Å². The lowest BCUT2D eigenvalue weighted by molar-refractivity contribution is -0.120. The number of rotatable bonds is 4. The molecular formula is C15H23N3O. The average Bonchev–Trinajstić information content (AvgIpc) is 2.70. The fourth-order valence-corrected chi connectivity index (χ4v) is 2.73. The van der Waals surface area contributed by atoms with Crippen LogP contribution >= 0.6 is 0 Å². The zero-order valence-corrected chi connectivity index (χ0v) is 11.7. The Morgan fingerprint density at radius 2 is 1.84 bits per heavy atom. The number of hydrogen-bond acceptors (Lipinski definition) is 3. The van der Waals surface area contributed by atoms with Crippen molar-refractivity contribution in [2.75, 3.05) is 13.1 Å². The monoisotopic (exact) mass is 261 g/mol. The van der Waals surface area contributed by atoms with Crippen LogP contribution < -0.4 is 11.3 Å². The van der Waals surface area contributed by atoms with Crippen molar-refractivity contribution in [1.29, 1.82) is 0 Å². The van der Waals surface area contributed by atoms with Crippen LogP contribution in [0.3, 0.4) is 0 Å². The van der Waals surface area contributed by atoms with E-state index in [0.717, 1.165) is 37.0 Å². The second-order valence-electron chi connectivity index (χ2n) is 5.66. The van der Waals surface area contributed by atoms with Crippen LogP contribution in [0, 0.1) is 11.8 Å². The minimum Gasteiger partial charge on any atom is -0.299 e. The molecule has 19 heavy (non-hydrogen) atoms. The summed E-state index contributed by atoms with van der Waals surface area (Å²) in [5.41, 5.74) is 4.49. The minimum atomic E-state index is -0.143. The maximum absolute atomic E-state index is 11.4. The van der Waals surface area contributed by atoms with Gasteiger partial charge in [-0.25, -0.2) is 5.84 Å². The first kappa shape index (κ1) is 14.0. The molecule has 3 N–H and O–H groups in total. The van der Waals surface area contributed by atoms with Gasteiger partial charge in [-0.15, -0.1) is 0 Å². The van der Waals surface area contributed by atoms with Crippen molar-refractivity contribution in [3.8, 4) is 0 Å². The summed E-state index contributed by atoms with van der Waals surface area (Å²) in [7, 11) is 0. The van der Waals surface area contributed by atoms with Crippen molar-refractivity contribution in [3.05, 3.63) is 35.4 Å². The molecule has 104 valence electrons. The summed E-state index contributed by atoms with van der Waals surface area (Å²) in [5, 5.41) is 0. The fraction of sp³-hybridized carbons (Fsp3) is 0.533. The lowest BCUT2D eigenvalue weighted by Gasteiger charge is -2.18. The standard InChI is InChI=1S/C15H23N3O/c1-11-8-18(9-12(11)2)10-14-6-4-3-5-13(14)7-15(19)17-16/h3-6,11-12H,7-10,16H2,1-2H3,(H,17,19). The van der Waals surface area contributed by atoms with E-state index in [9.17, 15) is 4.79 Å². The molecule has 4 nitrogen and oxygen atoms in total. The van der Waals surface area contributed by atoms with E-state index in [1.165, 1.54) is 5.56 Å². The molecular weight excluding hydrogens is 238 g/mol. The number of nitrogens with two attached hydrogens (primary N) is 1. The molecule has 0 aliphatic carbocycles. The molecule has 1 aromatic carbocycles. The van der Waals surface area contributed by atoms with Gasteiger partial charge in [-0.1, -0.05) is 38.1 Å². The predicted octanol–water partition coefficient (Wildman–Crippen LogP) is 1.31.